The average molecular weight is 291 g/mol. The Morgan fingerprint density at radius 2 is 1.76 bits per heavy atom. The number of benzene rings is 2. The van der Waals surface area contributed by atoms with Crippen LogP contribution < -0.4 is 4.90 Å². The molecule has 108 valence electrons. The van der Waals surface area contributed by atoms with Crippen molar-refractivity contribution >= 4 is 11.6 Å². The van der Waals surface area contributed by atoms with Crippen molar-refractivity contribution < 1.29 is 18.0 Å². The largest absolute Gasteiger partial charge is 0.416 e. The van der Waals surface area contributed by atoms with E-state index in [0.29, 0.717) is 5.56 Å². The predicted octanol–water partition coefficient (Wildman–Crippen LogP) is 4.43. The van der Waals surface area contributed by atoms with Gasteiger partial charge in [0.15, 0.2) is 0 Å². The zero-order valence-electron chi connectivity index (χ0n) is 11.2. The summed E-state index contributed by atoms with van der Waals surface area (Å²) in [6, 6.07) is 11.7. The van der Waals surface area contributed by atoms with Crippen LogP contribution in [0.25, 0.3) is 0 Å². The van der Waals surface area contributed by atoms with Crippen LogP contribution in [-0.2, 0) is 6.18 Å². The molecular formula is C16H12F3NO. The molecule has 0 N–H and O–H groups in total. The van der Waals surface area contributed by atoms with Crippen LogP contribution >= 0.6 is 0 Å². The van der Waals surface area contributed by atoms with Gasteiger partial charge < -0.3 is 4.90 Å². The molecule has 1 aliphatic heterocycles. The molecule has 1 unspecified atom stereocenters. The van der Waals surface area contributed by atoms with Crippen molar-refractivity contribution in [3.63, 3.8) is 0 Å². The minimum Gasteiger partial charge on any atom is -0.301 e. The smallest absolute Gasteiger partial charge is 0.301 e. The summed E-state index contributed by atoms with van der Waals surface area (Å²) in [6.07, 6.45) is -4.42. The summed E-state index contributed by atoms with van der Waals surface area (Å²) in [5.74, 6) is -0.266. The summed E-state index contributed by atoms with van der Waals surface area (Å²) in [7, 11) is 0. The van der Waals surface area contributed by atoms with E-state index in [0.717, 1.165) is 17.7 Å². The lowest BCUT2D eigenvalue weighted by molar-refractivity contribution is -0.137. The molecule has 0 spiro atoms. The minimum atomic E-state index is -4.42. The predicted molar refractivity (Wildman–Crippen MR) is 73.1 cm³/mol. The Hall–Kier alpha value is -2.30. The van der Waals surface area contributed by atoms with E-state index in [-0.39, 0.29) is 17.6 Å². The monoisotopic (exact) mass is 291 g/mol. The number of halogens is 3. The van der Waals surface area contributed by atoms with Gasteiger partial charge in [-0.15, -0.1) is 0 Å². The third-order valence-electron chi connectivity index (χ3n) is 3.70. The van der Waals surface area contributed by atoms with E-state index in [4.69, 9.17) is 0 Å². The van der Waals surface area contributed by atoms with E-state index in [1.54, 1.807) is 12.1 Å². The van der Waals surface area contributed by atoms with Crippen LogP contribution in [-0.4, -0.2) is 5.91 Å². The lowest BCUT2D eigenvalue weighted by atomic mass is 10.1. The zero-order valence-corrected chi connectivity index (χ0v) is 11.2. The second kappa shape index (κ2) is 4.62. The summed E-state index contributed by atoms with van der Waals surface area (Å²) in [4.78, 5) is 13.8. The molecule has 5 heteroatoms. The van der Waals surface area contributed by atoms with E-state index >= 15 is 0 Å². The molecule has 2 nitrogen and oxygen atoms in total. The van der Waals surface area contributed by atoms with Crippen molar-refractivity contribution in [2.75, 3.05) is 4.90 Å². The Kier molecular flexibility index (Phi) is 3.01. The molecule has 3 rings (SSSR count). The van der Waals surface area contributed by atoms with Gasteiger partial charge in [0.25, 0.3) is 5.91 Å². The molecule has 1 amide bonds. The maximum atomic E-state index is 12.8. The molecular weight excluding hydrogens is 279 g/mol. The SMILES string of the molecule is CC1c2ccccc2C(=O)N1c1cccc(C(F)(F)F)c1. The summed E-state index contributed by atoms with van der Waals surface area (Å²) < 4.78 is 38.4. The second-order valence-corrected chi connectivity index (χ2v) is 4.99. The minimum absolute atomic E-state index is 0.263. The van der Waals surface area contributed by atoms with Gasteiger partial charge in [0.1, 0.15) is 0 Å². The quantitative estimate of drug-likeness (QED) is 0.761. The van der Waals surface area contributed by atoms with Crippen molar-refractivity contribution in [3.8, 4) is 0 Å². The molecule has 1 aliphatic rings. The van der Waals surface area contributed by atoms with Crippen LogP contribution in [0.2, 0.25) is 0 Å². The maximum absolute atomic E-state index is 12.8. The highest BCUT2D eigenvalue weighted by Crippen LogP contribution is 2.39. The molecule has 21 heavy (non-hydrogen) atoms. The highest BCUT2D eigenvalue weighted by Gasteiger charge is 2.36. The van der Waals surface area contributed by atoms with Crippen molar-refractivity contribution in [2.45, 2.75) is 19.1 Å². The first-order chi connectivity index (χ1) is 9.89. The van der Waals surface area contributed by atoms with Gasteiger partial charge in [-0.3, -0.25) is 4.79 Å². The van der Waals surface area contributed by atoms with Gasteiger partial charge in [-0.05, 0) is 36.8 Å². The van der Waals surface area contributed by atoms with Crippen LogP contribution in [0.5, 0.6) is 0 Å². The number of rotatable bonds is 1. The van der Waals surface area contributed by atoms with Crippen LogP contribution in [0.4, 0.5) is 18.9 Å². The molecule has 0 saturated carbocycles. The number of amides is 1. The first-order valence-corrected chi connectivity index (χ1v) is 6.49. The highest BCUT2D eigenvalue weighted by molar-refractivity contribution is 6.11. The molecule has 1 atom stereocenters. The number of nitrogens with zero attached hydrogens (tertiary/aromatic N) is 1. The number of carbonyl (C=O) groups is 1. The molecule has 2 aromatic carbocycles. The lowest BCUT2D eigenvalue weighted by Gasteiger charge is -2.23. The molecule has 0 aliphatic carbocycles. The molecule has 0 radical (unpaired) electrons. The summed E-state index contributed by atoms with van der Waals surface area (Å²) >= 11 is 0. The van der Waals surface area contributed by atoms with Crippen LogP contribution in [0.15, 0.2) is 48.5 Å². The van der Waals surface area contributed by atoms with Gasteiger partial charge in [0.05, 0.1) is 11.6 Å². The van der Waals surface area contributed by atoms with Gasteiger partial charge in [-0.2, -0.15) is 13.2 Å². The van der Waals surface area contributed by atoms with Crippen molar-refractivity contribution in [1.29, 1.82) is 0 Å². The Morgan fingerprint density at radius 1 is 1.05 bits per heavy atom. The summed E-state index contributed by atoms with van der Waals surface area (Å²) in [6.45, 7) is 1.81. The Labute approximate surface area is 119 Å². The van der Waals surface area contributed by atoms with Gasteiger partial charge in [-0.1, -0.05) is 24.3 Å². The standard InChI is InChI=1S/C16H12F3NO/c1-10-13-7-2-3-8-14(13)15(21)20(10)12-6-4-5-11(9-12)16(17,18)19/h2-10H,1H3. The molecule has 1 heterocycles. The second-order valence-electron chi connectivity index (χ2n) is 4.99. The lowest BCUT2D eigenvalue weighted by Crippen LogP contribution is -2.26. The average Bonchev–Trinajstić information content (AvgIpc) is 2.71. The highest BCUT2D eigenvalue weighted by atomic mass is 19.4. The third-order valence-corrected chi connectivity index (χ3v) is 3.70. The molecule has 0 bridgehead atoms. The fourth-order valence-corrected chi connectivity index (χ4v) is 2.67. The van der Waals surface area contributed by atoms with Crippen LogP contribution in [0.1, 0.15) is 34.5 Å². The normalized spacial score (nSPS) is 18.0. The van der Waals surface area contributed by atoms with Gasteiger partial charge in [-0.25, -0.2) is 0 Å². The van der Waals surface area contributed by atoms with E-state index in [1.165, 1.54) is 17.0 Å². The first-order valence-electron chi connectivity index (χ1n) is 6.49. The van der Waals surface area contributed by atoms with Crippen LogP contribution in [0, 0.1) is 0 Å². The first kappa shape index (κ1) is 13.7. The molecule has 0 aromatic heterocycles. The van der Waals surface area contributed by atoms with Gasteiger partial charge in [0.2, 0.25) is 0 Å². The Morgan fingerprint density at radius 3 is 2.43 bits per heavy atom. The molecule has 0 fully saturated rings. The number of fused-ring (bicyclic) bond motifs is 1. The molecule has 0 saturated heterocycles. The molecule has 2 aromatic rings. The van der Waals surface area contributed by atoms with Gasteiger partial charge >= 0.3 is 6.18 Å². The van der Waals surface area contributed by atoms with Crippen molar-refractivity contribution in [3.05, 3.63) is 65.2 Å². The third kappa shape index (κ3) is 2.18. The fourth-order valence-electron chi connectivity index (χ4n) is 2.67. The summed E-state index contributed by atoms with van der Waals surface area (Å²) in [5.41, 5.74) is 0.886. The Bertz CT molecular complexity index is 709. The number of carbonyl (C=O) groups excluding carboxylic acids is 1. The number of anilines is 1. The maximum Gasteiger partial charge on any atom is 0.416 e. The zero-order chi connectivity index (χ0) is 15.2. The van der Waals surface area contributed by atoms with E-state index in [1.807, 2.05) is 19.1 Å². The van der Waals surface area contributed by atoms with Gasteiger partial charge in [0, 0.05) is 11.3 Å². The van der Waals surface area contributed by atoms with Crippen molar-refractivity contribution in [1.82, 2.24) is 0 Å². The fraction of sp³-hybridized carbons (Fsp3) is 0.188. The number of hydrogen-bond acceptors (Lipinski definition) is 1. The Balaban J connectivity index is 2.05. The summed E-state index contributed by atoms with van der Waals surface area (Å²) in [5, 5.41) is 0. The number of hydrogen-bond donors (Lipinski definition) is 0. The van der Waals surface area contributed by atoms with E-state index in [2.05, 4.69) is 0 Å². The van der Waals surface area contributed by atoms with Crippen LogP contribution in [0.3, 0.4) is 0 Å². The topological polar surface area (TPSA) is 20.3 Å². The van der Waals surface area contributed by atoms with E-state index < -0.39 is 11.7 Å². The van der Waals surface area contributed by atoms with Crippen molar-refractivity contribution in [2.24, 2.45) is 0 Å². The van der Waals surface area contributed by atoms with E-state index in [9.17, 15) is 18.0 Å². The number of alkyl halides is 3.